The summed E-state index contributed by atoms with van der Waals surface area (Å²) < 4.78 is 11.0. The zero-order chi connectivity index (χ0) is 20.1. The van der Waals surface area contributed by atoms with Crippen molar-refractivity contribution in [3.8, 4) is 16.3 Å². The van der Waals surface area contributed by atoms with Crippen molar-refractivity contribution in [1.82, 2.24) is 15.6 Å². The van der Waals surface area contributed by atoms with Crippen molar-refractivity contribution in [2.75, 3.05) is 38.7 Å². The van der Waals surface area contributed by atoms with Crippen LogP contribution < -0.4 is 20.7 Å². The highest BCUT2D eigenvalue weighted by Gasteiger charge is 2.17. The molecule has 1 saturated heterocycles. The molecule has 0 spiro atoms. The fraction of sp³-hybridized carbons (Fsp3) is 0.429. The van der Waals surface area contributed by atoms with Gasteiger partial charge in [-0.05, 0) is 37.4 Å². The molecule has 3 N–H and O–H groups in total. The number of rotatable bonds is 5. The van der Waals surface area contributed by atoms with Gasteiger partial charge in [0.25, 0.3) is 0 Å². The number of amides is 2. The molecule has 0 radical (unpaired) electrons. The molecular formula is C21H26N4O3S. The number of nitrogens with zero attached hydrogens (tertiary/aromatic N) is 1. The largest absolute Gasteiger partial charge is 0.496 e. The molecule has 0 saturated carbocycles. The Bertz CT molecular complexity index is 890. The van der Waals surface area contributed by atoms with Gasteiger partial charge in [0.2, 0.25) is 0 Å². The van der Waals surface area contributed by atoms with Gasteiger partial charge in [0.05, 0.1) is 20.3 Å². The van der Waals surface area contributed by atoms with Crippen LogP contribution in [0.15, 0.2) is 29.7 Å². The molecule has 1 aromatic carbocycles. The van der Waals surface area contributed by atoms with Gasteiger partial charge in [0.1, 0.15) is 16.6 Å². The number of carbonyl (C=O) groups excluding carboxylic acids is 1. The van der Waals surface area contributed by atoms with Crippen molar-refractivity contribution >= 4 is 28.8 Å². The fourth-order valence-electron chi connectivity index (χ4n) is 3.64. The summed E-state index contributed by atoms with van der Waals surface area (Å²) in [6.45, 7) is 3.20. The van der Waals surface area contributed by atoms with E-state index in [9.17, 15) is 4.79 Å². The van der Waals surface area contributed by atoms with Gasteiger partial charge in [-0.2, -0.15) is 0 Å². The minimum Gasteiger partial charge on any atom is -0.496 e. The standard InChI is InChI=1S/C21H26N4O3S/c1-27-18-11-15(4-5-17(18)14-6-9-28-10-7-14)20-24-19(13-29-20)25-21(26)23-16-3-2-8-22-12-16/h4-6,11,13,16,22H,2-3,7-10,12H2,1H3,(H2,23,25,26). The zero-order valence-corrected chi connectivity index (χ0v) is 17.3. The van der Waals surface area contributed by atoms with E-state index in [4.69, 9.17) is 9.47 Å². The SMILES string of the molecule is COc1cc(-c2nc(NC(=O)NC3CCCNC3)cs2)ccc1C1=CCOCC1. The summed E-state index contributed by atoms with van der Waals surface area (Å²) in [4.78, 5) is 16.8. The lowest BCUT2D eigenvalue weighted by molar-refractivity contribution is 0.161. The minimum atomic E-state index is -0.213. The van der Waals surface area contributed by atoms with Crippen LogP contribution in [0.1, 0.15) is 24.8 Å². The van der Waals surface area contributed by atoms with Crippen molar-refractivity contribution in [2.45, 2.75) is 25.3 Å². The summed E-state index contributed by atoms with van der Waals surface area (Å²) in [5.41, 5.74) is 3.30. The number of methoxy groups -OCH3 is 1. The molecule has 8 heteroatoms. The van der Waals surface area contributed by atoms with Crippen LogP contribution in [0.25, 0.3) is 16.1 Å². The Balaban J connectivity index is 1.44. The molecule has 0 aliphatic carbocycles. The number of nitrogens with one attached hydrogen (secondary N) is 3. The number of carbonyl (C=O) groups is 1. The Hall–Kier alpha value is -2.42. The monoisotopic (exact) mass is 414 g/mol. The summed E-state index contributed by atoms with van der Waals surface area (Å²) in [5.74, 6) is 1.38. The van der Waals surface area contributed by atoms with E-state index in [1.54, 1.807) is 7.11 Å². The van der Waals surface area contributed by atoms with Gasteiger partial charge in [0.15, 0.2) is 0 Å². The smallest absolute Gasteiger partial charge is 0.320 e. The molecule has 1 fully saturated rings. The van der Waals surface area contributed by atoms with E-state index in [-0.39, 0.29) is 12.1 Å². The van der Waals surface area contributed by atoms with Crippen molar-refractivity contribution in [2.24, 2.45) is 0 Å². The third-order valence-corrected chi connectivity index (χ3v) is 6.03. The lowest BCUT2D eigenvalue weighted by atomic mass is 9.99. The van der Waals surface area contributed by atoms with E-state index in [0.29, 0.717) is 12.4 Å². The molecule has 1 unspecified atom stereocenters. The molecule has 7 nitrogen and oxygen atoms in total. The van der Waals surface area contributed by atoms with Crippen LogP contribution >= 0.6 is 11.3 Å². The molecule has 2 amide bonds. The Morgan fingerprint density at radius 1 is 1.41 bits per heavy atom. The first-order chi connectivity index (χ1) is 14.2. The molecule has 4 rings (SSSR count). The number of benzene rings is 1. The molecule has 1 atom stereocenters. The van der Waals surface area contributed by atoms with Crippen LogP contribution in [0.3, 0.4) is 0 Å². The van der Waals surface area contributed by atoms with Crippen molar-refractivity contribution in [3.63, 3.8) is 0 Å². The molecule has 3 heterocycles. The zero-order valence-electron chi connectivity index (χ0n) is 16.5. The van der Waals surface area contributed by atoms with Crippen molar-refractivity contribution < 1.29 is 14.3 Å². The predicted molar refractivity (Wildman–Crippen MR) is 116 cm³/mol. The summed E-state index contributed by atoms with van der Waals surface area (Å²) in [7, 11) is 1.68. The van der Waals surface area contributed by atoms with Crippen LogP contribution in [0.5, 0.6) is 5.75 Å². The van der Waals surface area contributed by atoms with E-state index < -0.39 is 0 Å². The highest BCUT2D eigenvalue weighted by Crippen LogP contribution is 2.35. The third-order valence-electron chi connectivity index (χ3n) is 5.14. The van der Waals surface area contributed by atoms with Gasteiger partial charge >= 0.3 is 6.03 Å². The van der Waals surface area contributed by atoms with Crippen molar-refractivity contribution in [3.05, 3.63) is 35.2 Å². The third kappa shape index (κ3) is 4.95. The molecule has 2 aromatic rings. The predicted octanol–water partition coefficient (Wildman–Crippen LogP) is 3.50. The number of urea groups is 1. The van der Waals surface area contributed by atoms with Crippen LogP contribution in [-0.2, 0) is 4.74 Å². The summed E-state index contributed by atoms with van der Waals surface area (Å²) in [6, 6.07) is 6.07. The maximum absolute atomic E-state index is 12.2. The Morgan fingerprint density at radius 3 is 3.10 bits per heavy atom. The van der Waals surface area contributed by atoms with E-state index in [1.807, 2.05) is 17.5 Å². The first kappa shape index (κ1) is 19.9. The maximum Gasteiger partial charge on any atom is 0.320 e. The number of thiazole rings is 1. The van der Waals surface area contributed by atoms with E-state index >= 15 is 0 Å². The van der Waals surface area contributed by atoms with Gasteiger partial charge in [-0.3, -0.25) is 5.32 Å². The number of anilines is 1. The van der Waals surface area contributed by atoms with Crippen LogP contribution in [0.4, 0.5) is 10.6 Å². The van der Waals surface area contributed by atoms with Gasteiger partial charge in [-0.15, -0.1) is 11.3 Å². The molecule has 0 bridgehead atoms. The van der Waals surface area contributed by atoms with Gasteiger partial charge < -0.3 is 20.1 Å². The van der Waals surface area contributed by atoms with E-state index in [1.165, 1.54) is 16.9 Å². The number of aromatic nitrogens is 1. The van der Waals surface area contributed by atoms with Gasteiger partial charge in [-0.25, -0.2) is 9.78 Å². The number of hydrogen-bond donors (Lipinski definition) is 3. The van der Waals surface area contributed by atoms with Crippen LogP contribution in [-0.4, -0.2) is 50.5 Å². The average molecular weight is 415 g/mol. The molecular weight excluding hydrogens is 388 g/mol. The van der Waals surface area contributed by atoms with Crippen LogP contribution in [0.2, 0.25) is 0 Å². The topological polar surface area (TPSA) is 84.5 Å². The lowest BCUT2D eigenvalue weighted by Gasteiger charge is -2.23. The highest BCUT2D eigenvalue weighted by molar-refractivity contribution is 7.13. The summed E-state index contributed by atoms with van der Waals surface area (Å²) in [5, 5.41) is 11.8. The average Bonchev–Trinajstić information content (AvgIpc) is 3.23. The molecule has 1 aromatic heterocycles. The second-order valence-electron chi connectivity index (χ2n) is 7.15. The molecule has 2 aliphatic heterocycles. The van der Waals surface area contributed by atoms with E-state index in [2.05, 4.69) is 33.1 Å². The fourth-order valence-corrected chi connectivity index (χ4v) is 4.39. The molecule has 29 heavy (non-hydrogen) atoms. The second-order valence-corrected chi connectivity index (χ2v) is 8.01. The molecule has 2 aliphatic rings. The van der Waals surface area contributed by atoms with Gasteiger partial charge in [-0.1, -0.05) is 18.2 Å². The molecule has 154 valence electrons. The second kappa shape index (κ2) is 9.39. The van der Waals surface area contributed by atoms with Crippen LogP contribution in [0, 0.1) is 0 Å². The normalized spacial score (nSPS) is 19.3. The van der Waals surface area contributed by atoms with E-state index in [0.717, 1.165) is 60.8 Å². The maximum atomic E-state index is 12.2. The lowest BCUT2D eigenvalue weighted by Crippen LogP contribution is -2.47. The van der Waals surface area contributed by atoms with Gasteiger partial charge in [0, 0.05) is 29.1 Å². The highest BCUT2D eigenvalue weighted by atomic mass is 32.1. The quantitative estimate of drug-likeness (QED) is 0.697. The summed E-state index contributed by atoms with van der Waals surface area (Å²) in [6.07, 6.45) is 5.06. The number of piperidine rings is 1. The Labute approximate surface area is 174 Å². The van der Waals surface area contributed by atoms with Crippen molar-refractivity contribution in [1.29, 1.82) is 0 Å². The Kier molecular flexibility index (Phi) is 6.43. The first-order valence-corrected chi connectivity index (χ1v) is 10.8. The Morgan fingerprint density at radius 2 is 2.34 bits per heavy atom. The summed E-state index contributed by atoms with van der Waals surface area (Å²) >= 11 is 1.50. The first-order valence-electron chi connectivity index (χ1n) is 9.92. The minimum absolute atomic E-state index is 0.165. The number of hydrogen-bond acceptors (Lipinski definition) is 6. The number of ether oxygens (including phenoxy) is 2.